The number of carbonyl (C=O) groups excluding carboxylic acids is 3. The molecule has 1 aromatic rings. The van der Waals surface area contributed by atoms with Crippen molar-refractivity contribution in [2.75, 3.05) is 6.61 Å². The van der Waals surface area contributed by atoms with Gasteiger partial charge in [-0.2, -0.15) is 0 Å². The molecule has 0 radical (unpaired) electrons. The van der Waals surface area contributed by atoms with Gasteiger partial charge >= 0.3 is 5.97 Å². The summed E-state index contributed by atoms with van der Waals surface area (Å²) in [4.78, 5) is 33.4. The van der Waals surface area contributed by atoms with E-state index in [1.807, 2.05) is 6.07 Å². The molecule has 1 rings (SSSR count). The Morgan fingerprint density at radius 1 is 1.11 bits per heavy atom. The highest BCUT2D eigenvalue weighted by Crippen LogP contribution is 2.03. The first kappa shape index (κ1) is 14.1. The van der Waals surface area contributed by atoms with Crippen LogP contribution in [0.15, 0.2) is 30.3 Å². The fourth-order valence-electron chi connectivity index (χ4n) is 1.46. The lowest BCUT2D eigenvalue weighted by atomic mass is 10.1. The molecule has 0 N–H and O–H groups in total. The standard InChI is InChI=1S/C14H16O4/c1-11(15)10-13(16)8-5-9-18-14(17)12-6-3-2-4-7-12/h2-4,6-7H,5,8-10H2,1H3. The van der Waals surface area contributed by atoms with E-state index >= 15 is 0 Å². The predicted octanol–water partition coefficient (Wildman–Crippen LogP) is 2.17. The Kier molecular flexibility index (Phi) is 5.77. The van der Waals surface area contributed by atoms with Crippen LogP contribution in [0.1, 0.15) is 36.5 Å². The average molecular weight is 248 g/mol. The maximum Gasteiger partial charge on any atom is 0.338 e. The number of rotatable bonds is 7. The molecule has 18 heavy (non-hydrogen) atoms. The highest BCUT2D eigenvalue weighted by molar-refractivity contribution is 5.97. The molecular weight excluding hydrogens is 232 g/mol. The van der Waals surface area contributed by atoms with Gasteiger partial charge in [0.1, 0.15) is 11.6 Å². The summed E-state index contributed by atoms with van der Waals surface area (Å²) in [7, 11) is 0. The maximum absolute atomic E-state index is 11.5. The zero-order valence-electron chi connectivity index (χ0n) is 10.3. The normalized spacial score (nSPS) is 9.83. The molecule has 0 saturated heterocycles. The van der Waals surface area contributed by atoms with Crippen LogP contribution < -0.4 is 0 Å². The zero-order chi connectivity index (χ0) is 13.4. The van der Waals surface area contributed by atoms with Gasteiger partial charge in [-0.25, -0.2) is 4.79 Å². The number of hydrogen-bond donors (Lipinski definition) is 0. The minimum Gasteiger partial charge on any atom is -0.462 e. The molecule has 0 unspecified atom stereocenters. The first-order valence-electron chi connectivity index (χ1n) is 5.83. The molecule has 0 atom stereocenters. The van der Waals surface area contributed by atoms with Crippen molar-refractivity contribution in [3.63, 3.8) is 0 Å². The quantitative estimate of drug-likeness (QED) is 0.421. The average Bonchev–Trinajstić information content (AvgIpc) is 2.34. The molecule has 0 fully saturated rings. The van der Waals surface area contributed by atoms with Crippen molar-refractivity contribution in [1.29, 1.82) is 0 Å². The Labute approximate surface area is 106 Å². The predicted molar refractivity (Wildman–Crippen MR) is 66.3 cm³/mol. The van der Waals surface area contributed by atoms with Gasteiger partial charge in [-0.3, -0.25) is 9.59 Å². The Balaban J connectivity index is 2.21. The molecule has 4 nitrogen and oxygen atoms in total. The van der Waals surface area contributed by atoms with Crippen LogP contribution in [0.3, 0.4) is 0 Å². The molecule has 0 aliphatic carbocycles. The first-order valence-corrected chi connectivity index (χ1v) is 5.83. The van der Waals surface area contributed by atoms with E-state index < -0.39 is 5.97 Å². The molecule has 96 valence electrons. The third kappa shape index (κ3) is 5.39. The number of hydrogen-bond acceptors (Lipinski definition) is 4. The number of ether oxygens (including phenoxy) is 1. The summed E-state index contributed by atoms with van der Waals surface area (Å²) in [5.41, 5.74) is 0.493. The summed E-state index contributed by atoms with van der Waals surface area (Å²) in [5.74, 6) is -0.644. The number of benzene rings is 1. The van der Waals surface area contributed by atoms with Gasteiger partial charge in [-0.15, -0.1) is 0 Å². The molecule has 0 aliphatic heterocycles. The van der Waals surface area contributed by atoms with Gasteiger partial charge in [0, 0.05) is 6.42 Å². The van der Waals surface area contributed by atoms with Crippen LogP contribution >= 0.6 is 0 Å². The van der Waals surface area contributed by atoms with Crippen LogP contribution in [0.4, 0.5) is 0 Å². The van der Waals surface area contributed by atoms with Gasteiger partial charge in [0.2, 0.25) is 0 Å². The first-order chi connectivity index (χ1) is 8.59. The molecule has 0 heterocycles. The molecule has 4 heteroatoms. The molecule has 0 amide bonds. The molecular formula is C14H16O4. The Morgan fingerprint density at radius 3 is 2.39 bits per heavy atom. The summed E-state index contributed by atoms with van der Waals surface area (Å²) in [5, 5.41) is 0. The second-order valence-corrected chi connectivity index (χ2v) is 4.02. The highest BCUT2D eigenvalue weighted by Gasteiger charge is 2.08. The highest BCUT2D eigenvalue weighted by atomic mass is 16.5. The number of Topliss-reactive ketones (excluding diaryl/α,β-unsaturated/α-hetero) is 2. The van der Waals surface area contributed by atoms with Gasteiger partial charge in [-0.1, -0.05) is 18.2 Å². The van der Waals surface area contributed by atoms with E-state index in [1.165, 1.54) is 6.92 Å². The third-order valence-electron chi connectivity index (χ3n) is 2.29. The number of carbonyl (C=O) groups is 3. The second kappa shape index (κ2) is 7.37. The smallest absolute Gasteiger partial charge is 0.338 e. The van der Waals surface area contributed by atoms with E-state index in [1.54, 1.807) is 24.3 Å². The molecule has 0 saturated carbocycles. The fourth-order valence-corrected chi connectivity index (χ4v) is 1.46. The fraction of sp³-hybridized carbons (Fsp3) is 0.357. The topological polar surface area (TPSA) is 60.4 Å². The monoisotopic (exact) mass is 248 g/mol. The van der Waals surface area contributed by atoms with Crippen LogP contribution in [0.25, 0.3) is 0 Å². The van der Waals surface area contributed by atoms with Crippen molar-refractivity contribution in [3.8, 4) is 0 Å². The van der Waals surface area contributed by atoms with Gasteiger partial charge in [0.25, 0.3) is 0 Å². The van der Waals surface area contributed by atoms with Crippen molar-refractivity contribution in [2.24, 2.45) is 0 Å². The molecule has 0 bridgehead atoms. The summed E-state index contributed by atoms with van der Waals surface area (Å²) in [6.07, 6.45) is 0.680. The minimum atomic E-state index is -0.394. The van der Waals surface area contributed by atoms with Crippen molar-refractivity contribution in [2.45, 2.75) is 26.2 Å². The lowest BCUT2D eigenvalue weighted by molar-refractivity contribution is -0.126. The van der Waals surface area contributed by atoms with Crippen LogP contribution in [0, 0.1) is 0 Å². The SMILES string of the molecule is CC(=O)CC(=O)CCCOC(=O)c1ccccc1. The summed E-state index contributed by atoms with van der Waals surface area (Å²) in [6.45, 7) is 1.57. The zero-order valence-corrected chi connectivity index (χ0v) is 10.3. The van der Waals surface area contributed by atoms with Gasteiger partial charge in [0.15, 0.2) is 0 Å². The van der Waals surface area contributed by atoms with Crippen LogP contribution in [0.5, 0.6) is 0 Å². The van der Waals surface area contributed by atoms with Crippen molar-refractivity contribution in [3.05, 3.63) is 35.9 Å². The van der Waals surface area contributed by atoms with Crippen molar-refractivity contribution in [1.82, 2.24) is 0 Å². The van der Waals surface area contributed by atoms with Gasteiger partial charge < -0.3 is 4.74 Å². The van der Waals surface area contributed by atoms with E-state index in [-0.39, 0.29) is 31.0 Å². The van der Waals surface area contributed by atoms with Gasteiger partial charge in [-0.05, 0) is 25.5 Å². The molecule has 0 aromatic heterocycles. The van der Waals surface area contributed by atoms with Crippen LogP contribution in [0.2, 0.25) is 0 Å². The summed E-state index contributed by atoms with van der Waals surface area (Å²) >= 11 is 0. The van der Waals surface area contributed by atoms with E-state index in [0.717, 1.165) is 0 Å². The Bertz CT molecular complexity index is 423. The van der Waals surface area contributed by atoms with Gasteiger partial charge in [0.05, 0.1) is 18.6 Å². The van der Waals surface area contributed by atoms with E-state index in [4.69, 9.17) is 4.74 Å². The molecule has 0 aliphatic rings. The number of ketones is 2. The summed E-state index contributed by atoms with van der Waals surface area (Å²) < 4.78 is 5.01. The third-order valence-corrected chi connectivity index (χ3v) is 2.29. The molecule has 0 spiro atoms. The van der Waals surface area contributed by atoms with Crippen molar-refractivity contribution >= 4 is 17.5 Å². The lowest BCUT2D eigenvalue weighted by Gasteiger charge is -2.04. The Hall–Kier alpha value is -1.97. The second-order valence-electron chi connectivity index (χ2n) is 4.02. The largest absolute Gasteiger partial charge is 0.462 e. The lowest BCUT2D eigenvalue weighted by Crippen LogP contribution is -2.09. The van der Waals surface area contributed by atoms with Crippen molar-refractivity contribution < 1.29 is 19.1 Å². The Morgan fingerprint density at radius 2 is 1.78 bits per heavy atom. The number of esters is 1. The van der Waals surface area contributed by atoms with E-state index in [9.17, 15) is 14.4 Å². The van der Waals surface area contributed by atoms with Crippen LogP contribution in [-0.2, 0) is 14.3 Å². The molecule has 1 aromatic carbocycles. The minimum absolute atomic E-state index is 0.0351. The van der Waals surface area contributed by atoms with E-state index in [0.29, 0.717) is 12.0 Å². The summed E-state index contributed by atoms with van der Waals surface area (Å²) in [6, 6.07) is 8.67. The van der Waals surface area contributed by atoms with E-state index in [2.05, 4.69) is 0 Å². The van der Waals surface area contributed by atoms with Crippen LogP contribution in [-0.4, -0.2) is 24.1 Å². The maximum atomic E-state index is 11.5.